The molecule has 3 aliphatic rings. The maximum Gasteiger partial charge on any atom is 0.265 e. The number of piperazine rings is 1. The van der Waals surface area contributed by atoms with Crippen molar-refractivity contribution in [3.63, 3.8) is 0 Å². The molecule has 5 nitrogen and oxygen atoms in total. The van der Waals surface area contributed by atoms with E-state index >= 15 is 0 Å². The number of benzene rings is 1. The second-order valence-electron chi connectivity index (χ2n) is 7.57. The van der Waals surface area contributed by atoms with Crippen LogP contribution in [0.15, 0.2) is 24.3 Å². The van der Waals surface area contributed by atoms with Crippen molar-refractivity contribution < 1.29 is 9.53 Å². The molecule has 1 aromatic rings. The van der Waals surface area contributed by atoms with Crippen LogP contribution >= 0.6 is 24.8 Å². The first-order valence-corrected chi connectivity index (χ1v) is 9.82. The van der Waals surface area contributed by atoms with Crippen molar-refractivity contribution in [3.05, 3.63) is 24.3 Å². The van der Waals surface area contributed by atoms with E-state index in [4.69, 9.17) is 4.74 Å². The first-order valence-electron chi connectivity index (χ1n) is 9.82. The molecule has 2 atom stereocenters. The Hall–Kier alpha value is -1.01. The molecule has 2 saturated heterocycles. The van der Waals surface area contributed by atoms with Crippen LogP contribution < -0.4 is 10.1 Å². The summed E-state index contributed by atoms with van der Waals surface area (Å²) >= 11 is 0. The summed E-state index contributed by atoms with van der Waals surface area (Å²) < 4.78 is 5.87. The number of rotatable bonds is 5. The van der Waals surface area contributed by atoms with Crippen molar-refractivity contribution in [1.82, 2.24) is 9.80 Å². The van der Waals surface area contributed by atoms with Crippen LogP contribution in [0.4, 0.5) is 5.69 Å². The molecule has 2 unspecified atom stereocenters. The molecule has 1 N–H and O–H groups in total. The summed E-state index contributed by atoms with van der Waals surface area (Å²) in [6.45, 7) is 6.11. The molecule has 0 radical (unpaired) electrons. The number of nitrogens with zero attached hydrogens (tertiary/aromatic N) is 2. The Morgan fingerprint density at radius 1 is 1.07 bits per heavy atom. The van der Waals surface area contributed by atoms with Gasteiger partial charge in [-0.2, -0.15) is 0 Å². The number of carbonyl (C=O) groups is 1. The molecule has 152 valence electrons. The fourth-order valence-electron chi connectivity index (χ4n) is 4.37. The van der Waals surface area contributed by atoms with Crippen LogP contribution in [0, 0.1) is 0 Å². The predicted molar refractivity (Wildman–Crippen MR) is 113 cm³/mol. The Bertz CT molecular complexity index is 617. The third-order valence-electron chi connectivity index (χ3n) is 5.82. The summed E-state index contributed by atoms with van der Waals surface area (Å²) in [6.07, 6.45) is 6.76. The highest BCUT2D eigenvalue weighted by Crippen LogP contribution is 2.30. The van der Waals surface area contributed by atoms with Crippen molar-refractivity contribution in [1.29, 1.82) is 0 Å². The largest absolute Gasteiger partial charge is 0.478 e. The minimum Gasteiger partial charge on any atom is -0.478 e. The first kappa shape index (κ1) is 22.3. The van der Waals surface area contributed by atoms with E-state index in [0.717, 1.165) is 43.3 Å². The van der Waals surface area contributed by atoms with Gasteiger partial charge < -0.3 is 15.0 Å². The summed E-state index contributed by atoms with van der Waals surface area (Å²) in [5.41, 5.74) is 0.786. The average molecular weight is 416 g/mol. The average Bonchev–Trinajstić information content (AvgIpc) is 2.65. The number of hydrogen-bond acceptors (Lipinski definition) is 4. The highest BCUT2D eigenvalue weighted by Gasteiger charge is 2.29. The standard InChI is InChI=1S/C20H29N3O2.2ClH/c24-20-19(25-18-9-2-1-8-17(18)21-20)10-4-5-11-22-13-14-23-12-6-3-7-16(23)15-22;;/h1-2,8-9,16,19H,3-7,10-15H2,(H,21,24);2*1H. The Morgan fingerprint density at radius 2 is 1.93 bits per heavy atom. The minimum absolute atomic E-state index is 0. The molecular formula is C20H31Cl2N3O2. The number of unbranched alkanes of at least 4 members (excludes halogenated alkanes) is 1. The van der Waals surface area contributed by atoms with Gasteiger partial charge >= 0.3 is 0 Å². The Morgan fingerprint density at radius 3 is 2.81 bits per heavy atom. The quantitative estimate of drug-likeness (QED) is 0.746. The molecule has 1 aromatic carbocycles. The number of amides is 1. The normalized spacial score (nSPS) is 25.1. The van der Waals surface area contributed by atoms with Crippen LogP contribution in [0.3, 0.4) is 0 Å². The van der Waals surface area contributed by atoms with E-state index in [1.165, 1.54) is 45.4 Å². The topological polar surface area (TPSA) is 44.8 Å². The minimum atomic E-state index is -0.343. The van der Waals surface area contributed by atoms with Crippen LogP contribution in [0.2, 0.25) is 0 Å². The van der Waals surface area contributed by atoms with E-state index in [2.05, 4.69) is 15.1 Å². The number of hydrogen-bond donors (Lipinski definition) is 1. The monoisotopic (exact) mass is 415 g/mol. The number of ether oxygens (including phenoxy) is 1. The summed E-state index contributed by atoms with van der Waals surface area (Å²) in [5.74, 6) is 0.787. The molecule has 0 aliphatic carbocycles. The molecule has 0 bridgehead atoms. The lowest BCUT2D eigenvalue weighted by atomic mass is 9.99. The smallest absolute Gasteiger partial charge is 0.265 e. The van der Waals surface area contributed by atoms with E-state index in [9.17, 15) is 4.79 Å². The summed E-state index contributed by atoms with van der Waals surface area (Å²) in [5, 5.41) is 2.95. The number of para-hydroxylation sites is 2. The van der Waals surface area contributed by atoms with Crippen molar-refractivity contribution in [3.8, 4) is 5.75 Å². The summed E-state index contributed by atoms with van der Waals surface area (Å²) in [4.78, 5) is 17.5. The van der Waals surface area contributed by atoms with Gasteiger partial charge in [0.2, 0.25) is 0 Å². The molecule has 27 heavy (non-hydrogen) atoms. The second kappa shape index (κ2) is 10.5. The lowest BCUT2D eigenvalue weighted by molar-refractivity contribution is -0.123. The highest BCUT2D eigenvalue weighted by molar-refractivity contribution is 5.97. The van der Waals surface area contributed by atoms with Gasteiger partial charge in [0.15, 0.2) is 6.10 Å². The molecule has 2 fully saturated rings. The van der Waals surface area contributed by atoms with Gasteiger partial charge in [-0.1, -0.05) is 18.6 Å². The van der Waals surface area contributed by atoms with Crippen LogP contribution in [-0.4, -0.2) is 60.6 Å². The van der Waals surface area contributed by atoms with Crippen molar-refractivity contribution in [2.75, 3.05) is 38.0 Å². The number of anilines is 1. The van der Waals surface area contributed by atoms with Crippen LogP contribution in [-0.2, 0) is 4.79 Å². The SMILES string of the molecule is Cl.Cl.O=C1Nc2ccccc2OC1CCCCN1CCN2CCCCC2C1. The molecule has 1 amide bonds. The zero-order valence-corrected chi connectivity index (χ0v) is 17.4. The second-order valence-corrected chi connectivity index (χ2v) is 7.57. The van der Waals surface area contributed by atoms with Crippen LogP contribution in [0.5, 0.6) is 5.75 Å². The zero-order valence-electron chi connectivity index (χ0n) is 15.8. The lowest BCUT2D eigenvalue weighted by Gasteiger charge is -2.44. The molecule has 0 aromatic heterocycles. The zero-order chi connectivity index (χ0) is 17.1. The van der Waals surface area contributed by atoms with E-state index in [1.807, 2.05) is 24.3 Å². The predicted octanol–water partition coefficient (Wildman–Crippen LogP) is 3.57. The van der Waals surface area contributed by atoms with Gasteiger partial charge in [-0.3, -0.25) is 9.69 Å². The van der Waals surface area contributed by atoms with Gasteiger partial charge in [0.05, 0.1) is 5.69 Å². The molecular weight excluding hydrogens is 385 g/mol. The lowest BCUT2D eigenvalue weighted by Crippen LogP contribution is -2.54. The van der Waals surface area contributed by atoms with Gasteiger partial charge in [0.1, 0.15) is 5.75 Å². The fourth-order valence-corrected chi connectivity index (χ4v) is 4.37. The molecule has 0 spiro atoms. The number of carbonyl (C=O) groups excluding carboxylic acids is 1. The van der Waals surface area contributed by atoms with Gasteiger partial charge in [0.25, 0.3) is 5.91 Å². The third kappa shape index (κ3) is 5.50. The van der Waals surface area contributed by atoms with Crippen LogP contribution in [0.25, 0.3) is 0 Å². The number of piperidine rings is 1. The first-order chi connectivity index (χ1) is 12.3. The number of nitrogens with one attached hydrogen (secondary N) is 1. The van der Waals surface area contributed by atoms with Gasteiger partial charge in [-0.05, 0) is 57.3 Å². The van der Waals surface area contributed by atoms with Gasteiger partial charge in [0, 0.05) is 25.7 Å². The number of fused-ring (bicyclic) bond motifs is 2. The highest BCUT2D eigenvalue weighted by atomic mass is 35.5. The maximum atomic E-state index is 12.2. The third-order valence-corrected chi connectivity index (χ3v) is 5.82. The van der Waals surface area contributed by atoms with E-state index in [-0.39, 0.29) is 36.8 Å². The van der Waals surface area contributed by atoms with Crippen molar-refractivity contribution in [2.24, 2.45) is 0 Å². The molecule has 0 saturated carbocycles. The summed E-state index contributed by atoms with van der Waals surface area (Å²) in [7, 11) is 0. The summed E-state index contributed by atoms with van der Waals surface area (Å²) in [6, 6.07) is 8.44. The van der Waals surface area contributed by atoms with Crippen LogP contribution in [0.1, 0.15) is 38.5 Å². The van der Waals surface area contributed by atoms with Crippen molar-refractivity contribution >= 4 is 36.4 Å². The Balaban J connectivity index is 0.00000131. The number of halogens is 2. The molecule has 3 aliphatic heterocycles. The van der Waals surface area contributed by atoms with E-state index in [0.29, 0.717) is 0 Å². The Kier molecular flexibility index (Phi) is 8.67. The maximum absolute atomic E-state index is 12.2. The van der Waals surface area contributed by atoms with E-state index in [1.54, 1.807) is 0 Å². The Labute approximate surface area is 174 Å². The molecule has 7 heteroatoms. The fraction of sp³-hybridized carbons (Fsp3) is 0.650. The molecule has 4 rings (SSSR count). The molecule has 3 heterocycles. The van der Waals surface area contributed by atoms with Gasteiger partial charge in [-0.15, -0.1) is 24.8 Å². The van der Waals surface area contributed by atoms with Crippen molar-refractivity contribution in [2.45, 2.75) is 50.7 Å². The van der Waals surface area contributed by atoms with Gasteiger partial charge in [-0.25, -0.2) is 0 Å². The van der Waals surface area contributed by atoms with E-state index < -0.39 is 0 Å².